The fourth-order valence-corrected chi connectivity index (χ4v) is 1.09. The molecule has 86 valence electrons. The standard InChI is InChI=1S/C9H21N2O2.HI/c1-8(7-11(4,5)6)13-9(12)10(2)3;/h8H,7H2,1-6H3;1H/q+1;/p-1. The summed E-state index contributed by atoms with van der Waals surface area (Å²) < 4.78 is 5.95. The summed E-state index contributed by atoms with van der Waals surface area (Å²) in [5.74, 6) is 0. The fourth-order valence-electron chi connectivity index (χ4n) is 1.09. The number of rotatable bonds is 3. The van der Waals surface area contributed by atoms with Crippen LogP contribution in [0.25, 0.3) is 0 Å². The number of amides is 1. The molecule has 0 saturated heterocycles. The van der Waals surface area contributed by atoms with Gasteiger partial charge in [0.2, 0.25) is 0 Å². The van der Waals surface area contributed by atoms with Crippen LogP contribution in [-0.2, 0) is 4.74 Å². The predicted molar refractivity (Wildman–Crippen MR) is 52.5 cm³/mol. The second-order valence-electron chi connectivity index (χ2n) is 4.56. The molecule has 0 spiro atoms. The van der Waals surface area contributed by atoms with Crippen LogP contribution in [0.3, 0.4) is 0 Å². The average molecular weight is 316 g/mol. The molecule has 0 radical (unpaired) electrons. The van der Waals surface area contributed by atoms with Gasteiger partial charge in [0.15, 0.2) is 0 Å². The van der Waals surface area contributed by atoms with Crippen molar-refractivity contribution in [1.82, 2.24) is 4.90 Å². The molecule has 0 fully saturated rings. The van der Waals surface area contributed by atoms with Gasteiger partial charge in [0.05, 0.1) is 21.1 Å². The molecule has 0 rings (SSSR count). The Labute approximate surface area is 104 Å². The zero-order chi connectivity index (χ0) is 10.6. The molecule has 0 bridgehead atoms. The van der Waals surface area contributed by atoms with Gasteiger partial charge in [0, 0.05) is 14.1 Å². The molecular formula is C9H21IN2O2. The first kappa shape index (κ1) is 16.4. The van der Waals surface area contributed by atoms with Crippen LogP contribution >= 0.6 is 0 Å². The Morgan fingerprint density at radius 3 is 2.07 bits per heavy atom. The summed E-state index contributed by atoms with van der Waals surface area (Å²) in [6.07, 6.45) is -0.323. The largest absolute Gasteiger partial charge is 1.00 e. The Bertz CT molecular complexity index is 178. The summed E-state index contributed by atoms with van der Waals surface area (Å²) in [4.78, 5) is 12.6. The second kappa shape index (κ2) is 6.44. The van der Waals surface area contributed by atoms with E-state index in [9.17, 15) is 4.79 Å². The third-order valence-electron chi connectivity index (χ3n) is 1.47. The molecule has 0 aromatic heterocycles. The molecule has 0 saturated carbocycles. The van der Waals surface area contributed by atoms with Crippen LogP contribution < -0.4 is 24.0 Å². The van der Waals surface area contributed by atoms with Crippen molar-refractivity contribution in [3.63, 3.8) is 0 Å². The normalized spacial score (nSPS) is 12.7. The molecule has 0 aromatic carbocycles. The lowest BCUT2D eigenvalue weighted by molar-refractivity contribution is -0.873. The van der Waals surface area contributed by atoms with Gasteiger partial charge in [-0.3, -0.25) is 0 Å². The minimum Gasteiger partial charge on any atom is -1.00 e. The molecule has 1 atom stereocenters. The number of likely N-dealkylation sites (N-methyl/N-ethyl adjacent to an activating group) is 1. The van der Waals surface area contributed by atoms with E-state index in [0.29, 0.717) is 0 Å². The van der Waals surface area contributed by atoms with E-state index in [1.807, 2.05) is 6.92 Å². The van der Waals surface area contributed by atoms with Gasteiger partial charge >= 0.3 is 6.09 Å². The molecule has 1 unspecified atom stereocenters. The number of carbonyl (C=O) groups is 1. The number of quaternary nitrogens is 1. The Kier molecular flexibility index (Phi) is 7.55. The Morgan fingerprint density at radius 1 is 1.36 bits per heavy atom. The van der Waals surface area contributed by atoms with Crippen LogP contribution in [0.15, 0.2) is 0 Å². The Balaban J connectivity index is 0. The lowest BCUT2D eigenvalue weighted by atomic mass is 10.3. The topological polar surface area (TPSA) is 29.5 Å². The van der Waals surface area contributed by atoms with Gasteiger partial charge in [-0.2, -0.15) is 0 Å². The minimum atomic E-state index is -0.277. The van der Waals surface area contributed by atoms with Gasteiger partial charge in [0.1, 0.15) is 12.6 Å². The van der Waals surface area contributed by atoms with Crippen LogP contribution in [-0.4, -0.2) is 63.4 Å². The average Bonchev–Trinajstić information content (AvgIpc) is 1.81. The fraction of sp³-hybridized carbons (Fsp3) is 0.889. The highest BCUT2D eigenvalue weighted by Crippen LogP contribution is 2.00. The number of hydrogen-bond acceptors (Lipinski definition) is 2. The molecule has 1 amide bonds. The highest BCUT2D eigenvalue weighted by atomic mass is 127. The SMILES string of the molecule is CC(C[N+](C)(C)C)OC(=O)N(C)C.[I-]. The number of halogens is 1. The lowest BCUT2D eigenvalue weighted by Crippen LogP contribution is -3.00. The van der Waals surface area contributed by atoms with Crippen molar-refractivity contribution in [3.8, 4) is 0 Å². The monoisotopic (exact) mass is 316 g/mol. The highest BCUT2D eigenvalue weighted by molar-refractivity contribution is 5.66. The Hall–Kier alpha value is -0.0400. The van der Waals surface area contributed by atoms with E-state index < -0.39 is 0 Å². The number of ether oxygens (including phenoxy) is 1. The van der Waals surface area contributed by atoms with Gasteiger partial charge in [-0.1, -0.05) is 0 Å². The van der Waals surface area contributed by atoms with Crippen molar-refractivity contribution in [2.45, 2.75) is 13.0 Å². The van der Waals surface area contributed by atoms with E-state index in [1.165, 1.54) is 4.90 Å². The molecule has 0 heterocycles. The summed E-state index contributed by atoms with van der Waals surface area (Å²) in [6, 6.07) is 0. The summed E-state index contributed by atoms with van der Waals surface area (Å²) in [5.41, 5.74) is 0. The molecular weight excluding hydrogens is 295 g/mol. The second-order valence-corrected chi connectivity index (χ2v) is 4.56. The summed E-state index contributed by atoms with van der Waals surface area (Å²) >= 11 is 0. The van der Waals surface area contributed by atoms with Gasteiger partial charge in [0.25, 0.3) is 0 Å². The third kappa shape index (κ3) is 8.55. The lowest BCUT2D eigenvalue weighted by Gasteiger charge is -2.27. The van der Waals surface area contributed by atoms with Gasteiger partial charge in [-0.25, -0.2) is 4.79 Å². The van der Waals surface area contributed by atoms with E-state index in [0.717, 1.165) is 11.0 Å². The van der Waals surface area contributed by atoms with Crippen LogP contribution in [0, 0.1) is 0 Å². The first-order chi connectivity index (χ1) is 5.72. The molecule has 0 aliphatic carbocycles. The predicted octanol–water partition coefficient (Wildman–Crippen LogP) is -2.22. The van der Waals surface area contributed by atoms with Gasteiger partial charge < -0.3 is 38.1 Å². The van der Waals surface area contributed by atoms with E-state index in [-0.39, 0.29) is 36.2 Å². The van der Waals surface area contributed by atoms with E-state index in [2.05, 4.69) is 21.1 Å². The third-order valence-corrected chi connectivity index (χ3v) is 1.47. The van der Waals surface area contributed by atoms with E-state index >= 15 is 0 Å². The molecule has 4 nitrogen and oxygen atoms in total. The van der Waals surface area contributed by atoms with Crippen LogP contribution in [0.5, 0.6) is 0 Å². The molecule has 14 heavy (non-hydrogen) atoms. The first-order valence-electron chi connectivity index (χ1n) is 4.41. The van der Waals surface area contributed by atoms with Crippen molar-refractivity contribution in [1.29, 1.82) is 0 Å². The maximum atomic E-state index is 11.1. The van der Waals surface area contributed by atoms with E-state index in [1.54, 1.807) is 14.1 Å². The zero-order valence-electron chi connectivity index (χ0n) is 9.87. The van der Waals surface area contributed by atoms with Gasteiger partial charge in [-0.15, -0.1) is 0 Å². The maximum Gasteiger partial charge on any atom is 0.409 e. The number of hydrogen-bond donors (Lipinski definition) is 0. The first-order valence-corrected chi connectivity index (χ1v) is 4.41. The number of carbonyl (C=O) groups excluding carboxylic acids is 1. The summed E-state index contributed by atoms with van der Waals surface area (Å²) in [7, 11) is 9.57. The molecule has 0 aromatic rings. The minimum absolute atomic E-state index is 0. The molecule has 0 aliphatic heterocycles. The molecule has 5 heteroatoms. The summed E-state index contributed by atoms with van der Waals surface area (Å²) in [6.45, 7) is 2.73. The quantitative estimate of drug-likeness (QED) is 0.436. The Morgan fingerprint density at radius 2 is 1.79 bits per heavy atom. The highest BCUT2D eigenvalue weighted by Gasteiger charge is 2.18. The van der Waals surface area contributed by atoms with Crippen LogP contribution in [0.1, 0.15) is 6.92 Å². The number of nitrogens with zero attached hydrogens (tertiary/aromatic N) is 2. The van der Waals surface area contributed by atoms with Crippen molar-refractivity contribution < 1.29 is 38.0 Å². The van der Waals surface area contributed by atoms with Crippen molar-refractivity contribution in [2.75, 3.05) is 41.8 Å². The van der Waals surface area contributed by atoms with Crippen molar-refractivity contribution >= 4 is 6.09 Å². The van der Waals surface area contributed by atoms with Crippen molar-refractivity contribution in [2.24, 2.45) is 0 Å². The zero-order valence-corrected chi connectivity index (χ0v) is 12.0. The van der Waals surface area contributed by atoms with Gasteiger partial charge in [-0.05, 0) is 6.92 Å². The smallest absolute Gasteiger partial charge is 0.409 e. The summed E-state index contributed by atoms with van der Waals surface area (Å²) in [5, 5.41) is 0. The van der Waals surface area contributed by atoms with Crippen LogP contribution in [0.4, 0.5) is 4.79 Å². The maximum absolute atomic E-state index is 11.1. The van der Waals surface area contributed by atoms with E-state index in [4.69, 9.17) is 4.74 Å². The molecule has 0 N–H and O–H groups in total. The molecule has 0 aliphatic rings. The van der Waals surface area contributed by atoms with Crippen molar-refractivity contribution in [3.05, 3.63) is 0 Å². The van der Waals surface area contributed by atoms with Crippen LogP contribution in [0.2, 0.25) is 0 Å².